The van der Waals surface area contributed by atoms with Gasteiger partial charge in [-0.1, -0.05) is 17.7 Å². The van der Waals surface area contributed by atoms with E-state index in [0.29, 0.717) is 23.7 Å². The van der Waals surface area contributed by atoms with E-state index in [0.717, 1.165) is 32.4 Å². The van der Waals surface area contributed by atoms with Gasteiger partial charge in [-0.05, 0) is 37.5 Å². The fourth-order valence-electron chi connectivity index (χ4n) is 3.77. The first kappa shape index (κ1) is 15.8. The van der Waals surface area contributed by atoms with E-state index in [1.807, 2.05) is 17.0 Å². The Kier molecular flexibility index (Phi) is 4.71. The Morgan fingerprint density at radius 3 is 3.18 bits per heavy atom. The lowest BCUT2D eigenvalue weighted by Gasteiger charge is -2.50. The summed E-state index contributed by atoms with van der Waals surface area (Å²) >= 11 is 6.00. The zero-order valence-corrected chi connectivity index (χ0v) is 13.6. The van der Waals surface area contributed by atoms with E-state index in [4.69, 9.17) is 21.1 Å². The van der Waals surface area contributed by atoms with Crippen LogP contribution in [0.2, 0.25) is 5.02 Å². The molecule has 0 saturated carbocycles. The average Bonchev–Trinajstić information content (AvgIpc) is 2.53. The molecule has 1 amide bonds. The number of likely N-dealkylation sites (tertiary alicyclic amines) is 1. The van der Waals surface area contributed by atoms with Crippen molar-refractivity contribution >= 4 is 17.5 Å². The number of hydrogen-bond donors (Lipinski definition) is 0. The Morgan fingerprint density at radius 1 is 1.55 bits per heavy atom. The molecule has 2 heterocycles. The van der Waals surface area contributed by atoms with Gasteiger partial charge in [0.25, 0.3) is 5.91 Å². The van der Waals surface area contributed by atoms with Gasteiger partial charge in [-0.2, -0.15) is 0 Å². The van der Waals surface area contributed by atoms with Crippen LogP contribution >= 0.6 is 11.6 Å². The second kappa shape index (κ2) is 6.57. The monoisotopic (exact) mass is 323 g/mol. The largest absolute Gasteiger partial charge is 0.384 e. The number of ether oxygens (including phenoxy) is 2. The van der Waals surface area contributed by atoms with Crippen molar-refractivity contribution in [3.63, 3.8) is 0 Å². The molecule has 0 aliphatic carbocycles. The second-order valence-corrected chi connectivity index (χ2v) is 6.72. The quantitative estimate of drug-likeness (QED) is 0.858. The van der Waals surface area contributed by atoms with E-state index >= 15 is 0 Å². The lowest BCUT2D eigenvalue weighted by Crippen LogP contribution is -2.58. The Morgan fingerprint density at radius 2 is 2.41 bits per heavy atom. The van der Waals surface area contributed by atoms with E-state index in [2.05, 4.69) is 0 Å². The summed E-state index contributed by atoms with van der Waals surface area (Å²) in [5, 5.41) is 0.591. The molecule has 3 rings (SSSR count). The van der Waals surface area contributed by atoms with Crippen LogP contribution in [0, 0.1) is 5.41 Å². The molecule has 1 aromatic rings. The molecule has 0 spiro atoms. The molecule has 0 aromatic heterocycles. The van der Waals surface area contributed by atoms with Gasteiger partial charge in [-0.3, -0.25) is 4.79 Å². The lowest BCUT2D eigenvalue weighted by atomic mass is 9.73. The van der Waals surface area contributed by atoms with Crippen molar-refractivity contribution in [2.45, 2.75) is 25.4 Å². The summed E-state index contributed by atoms with van der Waals surface area (Å²) in [5.41, 5.74) is 0.578. The molecule has 2 aliphatic rings. The molecule has 2 saturated heterocycles. The Hall–Kier alpha value is -1.10. The number of methoxy groups -OCH3 is 1. The predicted octanol–water partition coefficient (Wildman–Crippen LogP) is 3.00. The van der Waals surface area contributed by atoms with Crippen LogP contribution in [0.3, 0.4) is 0 Å². The molecule has 0 N–H and O–H groups in total. The number of carbonyl (C=O) groups is 1. The molecule has 120 valence electrons. The van der Waals surface area contributed by atoms with Gasteiger partial charge in [0, 0.05) is 42.8 Å². The maximum absolute atomic E-state index is 12.8. The normalized spacial score (nSPS) is 28.3. The van der Waals surface area contributed by atoms with E-state index in [9.17, 15) is 4.79 Å². The molecular weight excluding hydrogens is 302 g/mol. The maximum Gasteiger partial charge on any atom is 0.253 e. The first-order valence-corrected chi connectivity index (χ1v) is 8.18. The predicted molar refractivity (Wildman–Crippen MR) is 85.3 cm³/mol. The standard InChI is InChI=1S/C17H22ClNO3/c1-21-12-17-7-3-9-22-15(17)6-8-19(11-17)16(20)13-4-2-5-14(18)10-13/h2,4-5,10,15H,3,6-9,11-12H2,1H3. The van der Waals surface area contributed by atoms with E-state index in [1.165, 1.54) is 0 Å². The van der Waals surface area contributed by atoms with Crippen molar-refractivity contribution in [2.75, 3.05) is 33.4 Å². The summed E-state index contributed by atoms with van der Waals surface area (Å²) in [6, 6.07) is 7.15. The summed E-state index contributed by atoms with van der Waals surface area (Å²) in [5.74, 6) is 0.0435. The Labute approximate surface area is 136 Å². The third kappa shape index (κ3) is 3.00. The van der Waals surface area contributed by atoms with Crippen molar-refractivity contribution in [3.8, 4) is 0 Å². The van der Waals surface area contributed by atoms with Crippen LogP contribution in [0.25, 0.3) is 0 Å². The molecule has 2 unspecified atom stereocenters. The Balaban J connectivity index is 1.79. The highest BCUT2D eigenvalue weighted by Crippen LogP contribution is 2.40. The summed E-state index contributed by atoms with van der Waals surface area (Å²) in [4.78, 5) is 14.7. The number of amides is 1. The summed E-state index contributed by atoms with van der Waals surface area (Å²) in [6.45, 7) is 2.87. The van der Waals surface area contributed by atoms with Crippen LogP contribution in [0.1, 0.15) is 29.6 Å². The van der Waals surface area contributed by atoms with Crippen LogP contribution in [-0.4, -0.2) is 50.3 Å². The number of hydrogen-bond acceptors (Lipinski definition) is 3. The topological polar surface area (TPSA) is 38.8 Å². The highest BCUT2D eigenvalue weighted by Gasteiger charge is 2.47. The molecule has 1 aromatic carbocycles. The van der Waals surface area contributed by atoms with Crippen LogP contribution in [-0.2, 0) is 9.47 Å². The molecular formula is C17H22ClNO3. The molecule has 2 aliphatic heterocycles. The smallest absolute Gasteiger partial charge is 0.253 e. The van der Waals surface area contributed by atoms with E-state index in [1.54, 1.807) is 19.2 Å². The fourth-order valence-corrected chi connectivity index (χ4v) is 3.96. The fraction of sp³-hybridized carbons (Fsp3) is 0.588. The zero-order valence-electron chi connectivity index (χ0n) is 12.9. The summed E-state index contributed by atoms with van der Waals surface area (Å²) in [6.07, 6.45) is 3.14. The van der Waals surface area contributed by atoms with Gasteiger partial charge >= 0.3 is 0 Å². The number of halogens is 1. The summed E-state index contributed by atoms with van der Waals surface area (Å²) in [7, 11) is 1.72. The number of rotatable bonds is 3. The van der Waals surface area contributed by atoms with E-state index in [-0.39, 0.29) is 17.4 Å². The van der Waals surface area contributed by atoms with Gasteiger partial charge in [0.15, 0.2) is 0 Å². The minimum atomic E-state index is -0.0700. The van der Waals surface area contributed by atoms with Gasteiger partial charge in [0.05, 0.1) is 12.7 Å². The van der Waals surface area contributed by atoms with Gasteiger partial charge < -0.3 is 14.4 Å². The Bertz CT molecular complexity index is 546. The number of fused-ring (bicyclic) bond motifs is 1. The lowest BCUT2D eigenvalue weighted by molar-refractivity contribution is -0.142. The molecule has 0 radical (unpaired) electrons. The minimum Gasteiger partial charge on any atom is -0.384 e. The third-order valence-electron chi connectivity index (χ3n) is 4.78. The molecule has 22 heavy (non-hydrogen) atoms. The van der Waals surface area contributed by atoms with Gasteiger partial charge in [0.1, 0.15) is 0 Å². The van der Waals surface area contributed by atoms with Gasteiger partial charge in [0.2, 0.25) is 0 Å². The van der Waals surface area contributed by atoms with Crippen molar-refractivity contribution in [2.24, 2.45) is 5.41 Å². The number of carbonyl (C=O) groups excluding carboxylic acids is 1. The third-order valence-corrected chi connectivity index (χ3v) is 5.01. The molecule has 5 heteroatoms. The summed E-state index contributed by atoms with van der Waals surface area (Å²) < 4.78 is 11.4. The first-order valence-electron chi connectivity index (χ1n) is 7.80. The highest BCUT2D eigenvalue weighted by molar-refractivity contribution is 6.30. The average molecular weight is 324 g/mol. The minimum absolute atomic E-state index is 0.0435. The van der Waals surface area contributed by atoms with Crippen LogP contribution < -0.4 is 0 Å². The van der Waals surface area contributed by atoms with Gasteiger partial charge in [-0.25, -0.2) is 0 Å². The van der Waals surface area contributed by atoms with Crippen LogP contribution in [0.5, 0.6) is 0 Å². The van der Waals surface area contributed by atoms with Crippen molar-refractivity contribution < 1.29 is 14.3 Å². The van der Waals surface area contributed by atoms with Crippen LogP contribution in [0.15, 0.2) is 24.3 Å². The second-order valence-electron chi connectivity index (χ2n) is 6.28. The number of benzene rings is 1. The maximum atomic E-state index is 12.8. The van der Waals surface area contributed by atoms with Crippen molar-refractivity contribution in [1.29, 1.82) is 0 Å². The molecule has 2 fully saturated rings. The number of piperidine rings is 1. The SMILES string of the molecule is COCC12CCCOC1CCN(C(=O)c1cccc(Cl)c1)C2. The number of nitrogens with zero attached hydrogens (tertiary/aromatic N) is 1. The highest BCUT2D eigenvalue weighted by atomic mass is 35.5. The zero-order chi connectivity index (χ0) is 15.6. The molecule has 0 bridgehead atoms. The van der Waals surface area contributed by atoms with Crippen molar-refractivity contribution in [3.05, 3.63) is 34.9 Å². The van der Waals surface area contributed by atoms with Gasteiger partial charge in [-0.15, -0.1) is 0 Å². The van der Waals surface area contributed by atoms with E-state index < -0.39 is 0 Å². The molecule has 2 atom stereocenters. The van der Waals surface area contributed by atoms with Crippen LogP contribution in [0.4, 0.5) is 0 Å². The molecule has 4 nitrogen and oxygen atoms in total. The first-order chi connectivity index (χ1) is 10.6. The van der Waals surface area contributed by atoms with Crippen molar-refractivity contribution in [1.82, 2.24) is 4.90 Å².